The van der Waals surface area contributed by atoms with Gasteiger partial charge in [-0.1, -0.05) is 65.2 Å². The van der Waals surface area contributed by atoms with Gasteiger partial charge in [0.15, 0.2) is 5.25 Å². The van der Waals surface area contributed by atoms with E-state index < -0.39 is 33.7 Å². The van der Waals surface area contributed by atoms with Crippen LogP contribution in [0.4, 0.5) is 0 Å². The first-order chi connectivity index (χ1) is 12.3. The van der Waals surface area contributed by atoms with E-state index in [0.717, 1.165) is 51.4 Å². The Labute approximate surface area is 208 Å². The Kier molecular flexibility index (Phi) is 20.4. The van der Waals surface area contributed by atoms with Crippen molar-refractivity contribution in [2.45, 2.75) is 89.7 Å². The molecule has 0 radical (unpaired) electrons. The maximum Gasteiger partial charge on any atom is 1.00 e. The van der Waals surface area contributed by atoms with Crippen LogP contribution in [0, 0.1) is 0 Å². The molecule has 1 N–H and O–H groups in total. The molecule has 0 aromatic rings. The van der Waals surface area contributed by atoms with Crippen LogP contribution in [0.1, 0.15) is 85.9 Å². The van der Waals surface area contributed by atoms with E-state index in [-0.39, 0.29) is 66.0 Å². The minimum Gasteiger partial charge on any atom is -1.00 e. The summed E-state index contributed by atoms with van der Waals surface area (Å²) in [7, 11) is -4.73. The molecule has 0 saturated carbocycles. The number of hydrogen-bond acceptors (Lipinski definition) is 6. The fourth-order valence-corrected chi connectivity index (χ4v) is 3.04. The largest absolute Gasteiger partial charge is 1.00 e. The maximum atomic E-state index is 11.9. The Morgan fingerprint density at radius 2 is 1.30 bits per heavy atom. The van der Waals surface area contributed by atoms with E-state index >= 15 is 0 Å². The van der Waals surface area contributed by atoms with Gasteiger partial charge >= 0.3 is 63.3 Å². The zero-order valence-electron chi connectivity index (χ0n) is 18.1. The van der Waals surface area contributed by atoms with Crippen LogP contribution in [0.2, 0.25) is 0 Å². The van der Waals surface area contributed by atoms with Crippen molar-refractivity contribution in [3.05, 3.63) is 0 Å². The van der Waals surface area contributed by atoms with Gasteiger partial charge in [-0.3, -0.25) is 14.1 Å². The molecule has 0 spiro atoms. The molecular formula is C18H35KO7S. The third kappa shape index (κ3) is 17.1. The number of carbonyl (C=O) groups is 2. The molecule has 0 heterocycles. The van der Waals surface area contributed by atoms with Crippen molar-refractivity contribution < 1.29 is 84.8 Å². The van der Waals surface area contributed by atoms with Crippen LogP contribution in [0.15, 0.2) is 0 Å². The molecule has 27 heavy (non-hydrogen) atoms. The molecule has 0 bridgehead atoms. The molecule has 1 atom stereocenters. The number of ether oxygens (including phenoxy) is 2. The fourth-order valence-electron chi connectivity index (χ4n) is 2.38. The van der Waals surface area contributed by atoms with Crippen LogP contribution in [0.5, 0.6) is 0 Å². The average molecular weight is 435 g/mol. The van der Waals surface area contributed by atoms with E-state index in [2.05, 4.69) is 13.8 Å². The van der Waals surface area contributed by atoms with Crippen molar-refractivity contribution >= 4 is 22.1 Å². The van der Waals surface area contributed by atoms with Crippen LogP contribution in [-0.4, -0.2) is 43.4 Å². The monoisotopic (exact) mass is 434 g/mol. The number of rotatable bonds is 16. The molecule has 9 heteroatoms. The molecule has 0 aliphatic heterocycles. The van der Waals surface area contributed by atoms with E-state index in [1.807, 2.05) is 0 Å². The molecule has 0 fully saturated rings. The van der Waals surface area contributed by atoms with Crippen LogP contribution in [0.3, 0.4) is 0 Å². The second-order valence-electron chi connectivity index (χ2n) is 6.42. The van der Waals surface area contributed by atoms with E-state index in [9.17, 15) is 22.6 Å². The summed E-state index contributed by atoms with van der Waals surface area (Å²) in [6, 6.07) is 0. The Morgan fingerprint density at radius 3 is 1.74 bits per heavy atom. The number of esters is 2. The molecule has 0 rings (SSSR count). The van der Waals surface area contributed by atoms with E-state index in [4.69, 9.17) is 9.47 Å². The zero-order chi connectivity index (χ0) is 19.8. The summed E-state index contributed by atoms with van der Waals surface area (Å²) in [5.41, 5.74) is 0. The third-order valence-corrected chi connectivity index (χ3v) is 5.06. The van der Waals surface area contributed by atoms with Crippen molar-refractivity contribution in [3.63, 3.8) is 0 Å². The molecule has 0 aliphatic rings. The van der Waals surface area contributed by atoms with Gasteiger partial charge in [0.1, 0.15) is 0 Å². The van der Waals surface area contributed by atoms with Gasteiger partial charge < -0.3 is 10.9 Å². The van der Waals surface area contributed by atoms with Gasteiger partial charge in [0.05, 0.1) is 19.6 Å². The number of carbonyl (C=O) groups excluding carboxylic acids is 2. The second kappa shape index (κ2) is 18.5. The number of unbranched alkanes of at least 4 members (excludes halogenated alkanes) is 8. The van der Waals surface area contributed by atoms with Gasteiger partial charge in [-0.05, 0) is 12.8 Å². The van der Waals surface area contributed by atoms with Crippen LogP contribution < -0.4 is 51.4 Å². The van der Waals surface area contributed by atoms with Gasteiger partial charge in [-0.25, -0.2) is 0 Å². The van der Waals surface area contributed by atoms with Gasteiger partial charge in [0.25, 0.3) is 10.1 Å². The molecule has 0 aromatic carbocycles. The van der Waals surface area contributed by atoms with E-state index in [0.29, 0.717) is 12.8 Å². The summed E-state index contributed by atoms with van der Waals surface area (Å²) < 4.78 is 41.8. The first kappa shape index (κ1) is 29.7. The molecule has 0 saturated heterocycles. The molecule has 156 valence electrons. The smallest absolute Gasteiger partial charge is 1.00 e. The maximum absolute atomic E-state index is 11.9. The second-order valence-corrected chi connectivity index (χ2v) is 8.02. The van der Waals surface area contributed by atoms with Crippen molar-refractivity contribution in [3.8, 4) is 0 Å². The van der Waals surface area contributed by atoms with Gasteiger partial charge in [0.2, 0.25) is 0 Å². The minimum atomic E-state index is -4.73. The summed E-state index contributed by atoms with van der Waals surface area (Å²) in [6.07, 6.45) is 8.82. The van der Waals surface area contributed by atoms with Crippen molar-refractivity contribution in [2.24, 2.45) is 0 Å². The minimum absolute atomic E-state index is 0. The normalized spacial score (nSPS) is 12.1. The quantitative estimate of drug-likeness (QED) is 0.165. The van der Waals surface area contributed by atoms with E-state index in [1.54, 1.807) is 0 Å². The summed E-state index contributed by atoms with van der Waals surface area (Å²) in [5, 5.41) is -1.93. The zero-order valence-corrected chi connectivity index (χ0v) is 21.0. The molecule has 0 amide bonds. The number of hydrogen-bond donors (Lipinski definition) is 1. The first-order valence-corrected chi connectivity index (χ1v) is 11.1. The summed E-state index contributed by atoms with van der Waals surface area (Å²) >= 11 is 0. The molecule has 0 aliphatic carbocycles. The SMILES string of the molecule is CCCCCCCOC(=O)CC(C(=O)OCCCCCCC)S(=O)(=O)O.[H-].[K+]. The molecule has 1 unspecified atom stereocenters. The molecular weight excluding hydrogens is 399 g/mol. The predicted molar refractivity (Wildman–Crippen MR) is 101 cm³/mol. The Bertz CT molecular complexity index is 500. The van der Waals surface area contributed by atoms with Crippen LogP contribution in [-0.2, 0) is 29.2 Å². The molecule has 7 nitrogen and oxygen atoms in total. The first-order valence-electron chi connectivity index (χ1n) is 9.61. The fraction of sp³-hybridized carbons (Fsp3) is 0.889. The predicted octanol–water partition coefficient (Wildman–Crippen LogP) is 0.777. The summed E-state index contributed by atoms with van der Waals surface area (Å²) in [4.78, 5) is 23.6. The van der Waals surface area contributed by atoms with Crippen molar-refractivity contribution in [1.82, 2.24) is 0 Å². The Hall–Kier alpha value is 0.486. The van der Waals surface area contributed by atoms with Gasteiger partial charge in [-0.2, -0.15) is 8.42 Å². The third-order valence-electron chi connectivity index (χ3n) is 3.98. The van der Waals surface area contributed by atoms with Crippen molar-refractivity contribution in [1.29, 1.82) is 0 Å². The van der Waals surface area contributed by atoms with Crippen LogP contribution >= 0.6 is 0 Å². The Morgan fingerprint density at radius 1 is 0.852 bits per heavy atom. The van der Waals surface area contributed by atoms with Gasteiger partial charge in [0, 0.05) is 0 Å². The molecule has 0 aromatic heterocycles. The Balaban J connectivity index is -0.00000312. The average Bonchev–Trinajstić information content (AvgIpc) is 2.57. The van der Waals surface area contributed by atoms with Crippen molar-refractivity contribution in [2.75, 3.05) is 13.2 Å². The van der Waals surface area contributed by atoms with Crippen LogP contribution in [0.25, 0.3) is 0 Å². The standard InChI is InChI=1S/C18H34O7S.K.H/c1-3-5-7-9-11-13-24-17(19)15-16(26(21,22)23)18(20)25-14-12-10-8-6-4-2;;/h16H,3-15H2,1-2H3,(H,21,22,23);;/q;+1;-1. The summed E-state index contributed by atoms with van der Waals surface area (Å²) in [5.74, 6) is -1.94. The topological polar surface area (TPSA) is 107 Å². The van der Waals surface area contributed by atoms with Gasteiger partial charge in [-0.15, -0.1) is 0 Å². The van der Waals surface area contributed by atoms with E-state index in [1.165, 1.54) is 0 Å². The summed E-state index contributed by atoms with van der Waals surface area (Å²) in [6.45, 7) is 4.43.